The number of nitrogens with zero attached hydrogens (tertiary/aromatic N) is 2. The molecule has 1 saturated heterocycles. The Balaban J connectivity index is 2.54. The minimum Gasteiger partial charge on any atom is -0.444 e. The summed E-state index contributed by atoms with van der Waals surface area (Å²) >= 11 is 0. The fraction of sp³-hybridized carbons (Fsp3) is 0.889. The number of rotatable bonds is 4. The third-order valence-electron chi connectivity index (χ3n) is 4.28. The summed E-state index contributed by atoms with van der Waals surface area (Å²) in [4.78, 5) is 18.7. The largest absolute Gasteiger partial charge is 0.444 e. The maximum absolute atomic E-state index is 12.0. The van der Waals surface area contributed by atoms with Crippen LogP contribution in [0.25, 0.3) is 0 Å². The normalized spacial score (nSPS) is 18.5. The van der Waals surface area contributed by atoms with Crippen LogP contribution in [0, 0.1) is 11.8 Å². The van der Waals surface area contributed by atoms with Crippen molar-refractivity contribution in [3.05, 3.63) is 0 Å². The summed E-state index contributed by atoms with van der Waals surface area (Å²) in [7, 11) is 1.81. The molecule has 6 nitrogen and oxygen atoms in total. The summed E-state index contributed by atoms with van der Waals surface area (Å²) < 4.78 is 5.36. The van der Waals surface area contributed by atoms with Crippen molar-refractivity contribution in [2.24, 2.45) is 16.8 Å². The molecular weight excluding hydrogens is 304 g/mol. The van der Waals surface area contributed by atoms with Crippen LogP contribution < -0.4 is 10.6 Å². The smallest absolute Gasteiger partial charge is 0.407 e. The molecule has 1 heterocycles. The number of piperidine rings is 1. The lowest BCUT2D eigenvalue weighted by Gasteiger charge is -2.34. The summed E-state index contributed by atoms with van der Waals surface area (Å²) in [5, 5.41) is 6.37. The Morgan fingerprint density at radius 2 is 1.88 bits per heavy atom. The van der Waals surface area contributed by atoms with Gasteiger partial charge in [0.25, 0.3) is 0 Å². The second-order valence-electron chi connectivity index (χ2n) is 8.09. The summed E-state index contributed by atoms with van der Waals surface area (Å²) in [6.45, 7) is 14.8. The van der Waals surface area contributed by atoms with E-state index in [2.05, 4.69) is 41.3 Å². The van der Waals surface area contributed by atoms with Gasteiger partial charge in [-0.2, -0.15) is 0 Å². The Bertz CT molecular complexity index is 421. The third-order valence-corrected chi connectivity index (χ3v) is 4.28. The van der Waals surface area contributed by atoms with E-state index >= 15 is 0 Å². The number of amides is 1. The number of ether oxygens (including phenoxy) is 1. The number of carbonyl (C=O) groups is 1. The predicted octanol–water partition coefficient (Wildman–Crippen LogP) is 2.84. The summed E-state index contributed by atoms with van der Waals surface area (Å²) in [6, 6.07) is -0.0136. The molecule has 0 aromatic heterocycles. The van der Waals surface area contributed by atoms with Crippen LogP contribution in [0.4, 0.5) is 4.79 Å². The Hall–Kier alpha value is -1.46. The number of nitrogens with one attached hydrogen (secondary N) is 2. The molecular formula is C18H36N4O2. The molecule has 2 N–H and O–H groups in total. The van der Waals surface area contributed by atoms with Crippen molar-refractivity contribution in [3.8, 4) is 0 Å². The van der Waals surface area contributed by atoms with E-state index in [1.54, 1.807) is 0 Å². The van der Waals surface area contributed by atoms with Gasteiger partial charge in [0.2, 0.25) is 0 Å². The number of hydrogen-bond donors (Lipinski definition) is 2. The zero-order valence-corrected chi connectivity index (χ0v) is 16.5. The number of guanidine groups is 1. The second kappa shape index (κ2) is 9.14. The van der Waals surface area contributed by atoms with Gasteiger partial charge in [-0.1, -0.05) is 20.8 Å². The molecule has 1 aliphatic heterocycles. The van der Waals surface area contributed by atoms with Crippen LogP contribution in [-0.4, -0.2) is 55.3 Å². The van der Waals surface area contributed by atoms with Crippen LogP contribution in [0.3, 0.4) is 0 Å². The molecule has 1 amide bonds. The monoisotopic (exact) mass is 340 g/mol. The van der Waals surface area contributed by atoms with Crippen molar-refractivity contribution in [1.29, 1.82) is 0 Å². The minimum atomic E-state index is -0.487. The first-order chi connectivity index (χ1) is 11.1. The van der Waals surface area contributed by atoms with Gasteiger partial charge < -0.3 is 20.3 Å². The van der Waals surface area contributed by atoms with E-state index in [4.69, 9.17) is 4.74 Å². The van der Waals surface area contributed by atoms with Crippen molar-refractivity contribution >= 4 is 12.1 Å². The van der Waals surface area contributed by atoms with Gasteiger partial charge in [-0.3, -0.25) is 4.99 Å². The van der Waals surface area contributed by atoms with Gasteiger partial charge in [-0.05, 0) is 45.4 Å². The molecule has 0 aliphatic carbocycles. The molecule has 0 spiro atoms. The zero-order chi connectivity index (χ0) is 18.3. The molecule has 1 aliphatic rings. The Morgan fingerprint density at radius 1 is 1.29 bits per heavy atom. The second-order valence-corrected chi connectivity index (χ2v) is 8.09. The zero-order valence-electron chi connectivity index (χ0n) is 16.5. The molecule has 1 atom stereocenters. The molecule has 6 heteroatoms. The van der Waals surface area contributed by atoms with Gasteiger partial charge in [0, 0.05) is 26.7 Å². The van der Waals surface area contributed by atoms with Gasteiger partial charge in [0.05, 0.1) is 6.04 Å². The van der Waals surface area contributed by atoms with E-state index in [-0.39, 0.29) is 12.1 Å². The average molecular weight is 341 g/mol. The van der Waals surface area contributed by atoms with Gasteiger partial charge in [-0.15, -0.1) is 0 Å². The van der Waals surface area contributed by atoms with Crippen molar-refractivity contribution in [2.75, 3.05) is 26.7 Å². The molecule has 1 unspecified atom stereocenters. The Morgan fingerprint density at radius 3 is 2.33 bits per heavy atom. The SMILES string of the molecule is CN=C(NCC(NC(=O)OC(C)(C)C)C(C)C)N1CCC(C)CC1. The lowest BCUT2D eigenvalue weighted by molar-refractivity contribution is 0.0491. The molecule has 0 radical (unpaired) electrons. The van der Waals surface area contributed by atoms with Crippen molar-refractivity contribution in [3.63, 3.8) is 0 Å². The molecule has 24 heavy (non-hydrogen) atoms. The number of alkyl carbamates (subject to hydrolysis) is 1. The molecule has 140 valence electrons. The van der Waals surface area contributed by atoms with Crippen LogP contribution in [0.15, 0.2) is 4.99 Å². The number of aliphatic imine (C=N–C) groups is 1. The predicted molar refractivity (Wildman–Crippen MR) is 99.3 cm³/mol. The topological polar surface area (TPSA) is 66.0 Å². The number of likely N-dealkylation sites (tertiary alicyclic amines) is 1. The van der Waals surface area contributed by atoms with Crippen LogP contribution in [-0.2, 0) is 4.74 Å². The maximum Gasteiger partial charge on any atom is 0.407 e. The summed E-state index contributed by atoms with van der Waals surface area (Å²) in [6.07, 6.45) is 2.03. The summed E-state index contributed by atoms with van der Waals surface area (Å²) in [5.74, 6) is 2.00. The van der Waals surface area contributed by atoms with Crippen LogP contribution in [0.1, 0.15) is 54.4 Å². The Labute approximate surface area is 147 Å². The van der Waals surface area contributed by atoms with Crippen LogP contribution in [0.2, 0.25) is 0 Å². The van der Waals surface area contributed by atoms with E-state index in [0.717, 1.165) is 25.0 Å². The lowest BCUT2D eigenvalue weighted by Crippen LogP contribution is -2.52. The van der Waals surface area contributed by atoms with Crippen molar-refractivity contribution in [1.82, 2.24) is 15.5 Å². The number of carbonyl (C=O) groups excluding carboxylic acids is 1. The molecule has 0 aromatic carbocycles. The fourth-order valence-corrected chi connectivity index (χ4v) is 2.67. The first-order valence-corrected chi connectivity index (χ1v) is 9.07. The quantitative estimate of drug-likeness (QED) is 0.610. The third kappa shape index (κ3) is 7.41. The van der Waals surface area contributed by atoms with Crippen molar-refractivity contribution < 1.29 is 9.53 Å². The lowest BCUT2D eigenvalue weighted by atomic mass is 9.99. The molecule has 0 aromatic rings. The highest BCUT2D eigenvalue weighted by Gasteiger charge is 2.23. The van der Waals surface area contributed by atoms with Gasteiger partial charge >= 0.3 is 6.09 Å². The fourth-order valence-electron chi connectivity index (χ4n) is 2.67. The average Bonchev–Trinajstić information content (AvgIpc) is 2.46. The first-order valence-electron chi connectivity index (χ1n) is 9.07. The first kappa shape index (κ1) is 20.6. The highest BCUT2D eigenvalue weighted by atomic mass is 16.6. The number of hydrogen-bond acceptors (Lipinski definition) is 3. The molecule has 1 fully saturated rings. The molecule has 0 saturated carbocycles. The van der Waals surface area contributed by atoms with E-state index < -0.39 is 5.60 Å². The minimum absolute atomic E-state index is 0.0136. The molecule has 0 bridgehead atoms. The van der Waals surface area contributed by atoms with Crippen molar-refractivity contribution in [2.45, 2.75) is 66.0 Å². The Kier molecular flexibility index (Phi) is 7.84. The van der Waals surface area contributed by atoms with E-state index in [0.29, 0.717) is 12.5 Å². The van der Waals surface area contributed by atoms with Crippen LogP contribution in [0.5, 0.6) is 0 Å². The summed E-state index contributed by atoms with van der Waals surface area (Å²) in [5.41, 5.74) is -0.487. The van der Waals surface area contributed by atoms with Gasteiger partial charge in [0.15, 0.2) is 5.96 Å². The van der Waals surface area contributed by atoms with Gasteiger partial charge in [0.1, 0.15) is 5.60 Å². The maximum atomic E-state index is 12.0. The standard InChI is InChI=1S/C18H36N4O2/c1-13(2)15(21-17(23)24-18(4,5)6)12-20-16(19-7)22-10-8-14(3)9-11-22/h13-15H,8-12H2,1-7H3,(H,19,20)(H,21,23). The van der Waals surface area contributed by atoms with Gasteiger partial charge in [-0.25, -0.2) is 4.79 Å². The van der Waals surface area contributed by atoms with E-state index in [1.165, 1.54) is 12.8 Å². The highest BCUT2D eigenvalue weighted by Crippen LogP contribution is 2.16. The molecule has 1 rings (SSSR count). The van der Waals surface area contributed by atoms with E-state index in [1.807, 2.05) is 27.8 Å². The van der Waals surface area contributed by atoms with E-state index in [9.17, 15) is 4.79 Å². The highest BCUT2D eigenvalue weighted by molar-refractivity contribution is 5.80. The van der Waals surface area contributed by atoms with Crippen LogP contribution >= 0.6 is 0 Å².